The molecule has 0 saturated carbocycles. The number of benzene rings is 1. The minimum atomic E-state index is -0.565. The summed E-state index contributed by atoms with van der Waals surface area (Å²) in [4.78, 5) is 26.2. The Bertz CT molecular complexity index is 752. The summed E-state index contributed by atoms with van der Waals surface area (Å²) < 4.78 is 0. The van der Waals surface area contributed by atoms with E-state index < -0.39 is 4.92 Å². The predicted octanol–water partition coefficient (Wildman–Crippen LogP) is 4.63. The van der Waals surface area contributed by atoms with Gasteiger partial charge in [0.15, 0.2) is 0 Å². The summed E-state index contributed by atoms with van der Waals surface area (Å²) in [5.74, 6) is 0.673. The molecule has 1 aliphatic heterocycles. The maximum absolute atomic E-state index is 12.7. The number of hydrogen-bond acceptors (Lipinski definition) is 5. The molecule has 126 valence electrons. The molecule has 8 heteroatoms. The van der Waals surface area contributed by atoms with E-state index in [4.69, 9.17) is 11.6 Å². The fraction of sp³-hybridized carbons (Fsp3) is 0.312. The Morgan fingerprint density at radius 3 is 2.88 bits per heavy atom. The number of halogens is 1. The third-order valence-electron chi connectivity index (χ3n) is 3.88. The van der Waals surface area contributed by atoms with E-state index >= 15 is 0 Å². The quantitative estimate of drug-likeness (QED) is 0.573. The molecule has 1 atom stereocenters. The van der Waals surface area contributed by atoms with Gasteiger partial charge >= 0.3 is 0 Å². The van der Waals surface area contributed by atoms with Crippen LogP contribution in [-0.4, -0.2) is 34.6 Å². The summed E-state index contributed by atoms with van der Waals surface area (Å²) in [6.07, 6.45) is 0.882. The monoisotopic (exact) mass is 382 g/mol. The van der Waals surface area contributed by atoms with Gasteiger partial charge < -0.3 is 4.90 Å². The Balaban J connectivity index is 1.73. The highest BCUT2D eigenvalue weighted by atomic mass is 35.5. The van der Waals surface area contributed by atoms with Crippen molar-refractivity contribution in [2.45, 2.75) is 11.7 Å². The number of nitro benzene ring substituents is 1. The first-order chi connectivity index (χ1) is 11.6. The van der Waals surface area contributed by atoms with E-state index in [1.54, 1.807) is 22.3 Å². The van der Waals surface area contributed by atoms with E-state index in [-0.39, 0.29) is 16.6 Å². The zero-order chi connectivity index (χ0) is 17.1. The predicted molar refractivity (Wildman–Crippen MR) is 98.1 cm³/mol. The average molecular weight is 383 g/mol. The Morgan fingerprint density at radius 1 is 1.33 bits per heavy atom. The van der Waals surface area contributed by atoms with Crippen LogP contribution >= 0.6 is 34.7 Å². The first-order valence-electron chi connectivity index (χ1n) is 7.44. The van der Waals surface area contributed by atoms with Gasteiger partial charge in [0.05, 0.1) is 4.92 Å². The van der Waals surface area contributed by atoms with E-state index in [1.165, 1.54) is 17.0 Å². The Morgan fingerprint density at radius 2 is 2.17 bits per heavy atom. The fourth-order valence-electron chi connectivity index (χ4n) is 2.64. The van der Waals surface area contributed by atoms with Gasteiger partial charge in [0.1, 0.15) is 5.02 Å². The van der Waals surface area contributed by atoms with Crippen molar-refractivity contribution in [1.82, 2.24) is 4.90 Å². The zero-order valence-electron chi connectivity index (χ0n) is 12.7. The molecule has 24 heavy (non-hydrogen) atoms. The molecular formula is C16H15ClN2O3S2. The van der Waals surface area contributed by atoms with Gasteiger partial charge in [0.2, 0.25) is 0 Å². The highest BCUT2D eigenvalue weighted by molar-refractivity contribution is 7.99. The number of rotatable bonds is 3. The zero-order valence-corrected chi connectivity index (χ0v) is 15.1. The molecule has 0 N–H and O–H groups in total. The number of amides is 1. The molecule has 5 nitrogen and oxygen atoms in total. The molecule has 1 fully saturated rings. The standard InChI is InChI=1S/C16H15ClN2O3S2/c17-12-4-3-11(10-13(12)19(21)22)16(20)18-6-5-15(24-9-7-18)14-2-1-8-23-14/h1-4,8,10,15H,5-7,9H2. The summed E-state index contributed by atoms with van der Waals surface area (Å²) >= 11 is 9.41. The van der Waals surface area contributed by atoms with E-state index in [0.29, 0.717) is 23.9 Å². The molecule has 1 unspecified atom stereocenters. The second-order valence-electron chi connectivity index (χ2n) is 5.38. The minimum Gasteiger partial charge on any atom is -0.338 e. The van der Waals surface area contributed by atoms with Gasteiger partial charge in [-0.2, -0.15) is 11.8 Å². The van der Waals surface area contributed by atoms with Crippen molar-refractivity contribution >= 4 is 46.3 Å². The third-order valence-corrected chi connectivity index (χ3v) is 6.64. The van der Waals surface area contributed by atoms with E-state index in [9.17, 15) is 14.9 Å². The largest absolute Gasteiger partial charge is 0.338 e. The lowest BCUT2D eigenvalue weighted by atomic mass is 10.1. The van der Waals surface area contributed by atoms with Crippen LogP contribution in [0.2, 0.25) is 5.02 Å². The van der Waals surface area contributed by atoms with Crippen molar-refractivity contribution in [2.75, 3.05) is 18.8 Å². The summed E-state index contributed by atoms with van der Waals surface area (Å²) in [5, 5.41) is 13.5. The lowest BCUT2D eigenvalue weighted by molar-refractivity contribution is -0.384. The Labute approximate surface area is 152 Å². The van der Waals surface area contributed by atoms with Crippen LogP contribution in [0.5, 0.6) is 0 Å². The molecule has 3 rings (SSSR count). The number of nitro groups is 1. The SMILES string of the molecule is O=C(c1ccc(Cl)c([N+](=O)[O-])c1)N1CCSC(c2cccs2)CC1. The highest BCUT2D eigenvalue weighted by Crippen LogP contribution is 2.37. The van der Waals surface area contributed by atoms with Crippen molar-refractivity contribution in [3.63, 3.8) is 0 Å². The molecule has 1 aliphatic rings. The lowest BCUT2D eigenvalue weighted by Gasteiger charge is -2.20. The van der Waals surface area contributed by atoms with Gasteiger partial charge in [-0.25, -0.2) is 0 Å². The molecule has 1 saturated heterocycles. The number of carbonyl (C=O) groups is 1. The van der Waals surface area contributed by atoms with Gasteiger partial charge in [-0.05, 0) is 30.0 Å². The van der Waals surface area contributed by atoms with Gasteiger partial charge in [-0.3, -0.25) is 14.9 Å². The fourth-order valence-corrected chi connectivity index (χ4v) is 5.07. The van der Waals surface area contributed by atoms with Gasteiger partial charge in [0.25, 0.3) is 11.6 Å². The van der Waals surface area contributed by atoms with E-state index in [0.717, 1.165) is 12.2 Å². The molecule has 0 aliphatic carbocycles. The molecule has 1 aromatic heterocycles. The number of hydrogen-bond donors (Lipinski definition) is 0. The van der Waals surface area contributed by atoms with Crippen LogP contribution in [0.15, 0.2) is 35.7 Å². The second-order valence-corrected chi connectivity index (χ2v) is 8.08. The molecule has 0 radical (unpaired) electrons. The first kappa shape index (κ1) is 17.3. The Hall–Kier alpha value is -1.57. The summed E-state index contributed by atoms with van der Waals surface area (Å²) in [7, 11) is 0. The van der Waals surface area contributed by atoms with Gasteiger partial charge in [-0.15, -0.1) is 11.3 Å². The topological polar surface area (TPSA) is 63.4 Å². The summed E-state index contributed by atoms with van der Waals surface area (Å²) in [6.45, 7) is 1.28. The normalized spacial score (nSPS) is 18.2. The maximum Gasteiger partial charge on any atom is 0.288 e. The van der Waals surface area contributed by atoms with Crippen LogP contribution in [0, 0.1) is 10.1 Å². The van der Waals surface area contributed by atoms with Crippen LogP contribution in [0.3, 0.4) is 0 Å². The van der Waals surface area contributed by atoms with Crippen molar-refractivity contribution < 1.29 is 9.72 Å². The average Bonchev–Trinajstić information content (AvgIpc) is 2.99. The molecule has 1 aromatic carbocycles. The number of thioether (sulfide) groups is 1. The minimum absolute atomic E-state index is 0.0423. The lowest BCUT2D eigenvalue weighted by Crippen LogP contribution is -2.33. The van der Waals surface area contributed by atoms with Gasteiger partial charge in [-0.1, -0.05) is 17.7 Å². The summed E-state index contributed by atoms with van der Waals surface area (Å²) in [6, 6.07) is 8.39. The Kier molecular flexibility index (Phi) is 5.43. The number of thiophene rings is 1. The molecule has 2 heterocycles. The highest BCUT2D eigenvalue weighted by Gasteiger charge is 2.25. The smallest absolute Gasteiger partial charge is 0.288 e. The molecule has 0 bridgehead atoms. The van der Waals surface area contributed by atoms with Crippen molar-refractivity contribution in [3.05, 3.63) is 61.3 Å². The first-order valence-corrected chi connectivity index (χ1v) is 9.75. The third kappa shape index (κ3) is 3.74. The van der Waals surface area contributed by atoms with Crippen LogP contribution < -0.4 is 0 Å². The van der Waals surface area contributed by atoms with Crippen molar-refractivity contribution in [3.8, 4) is 0 Å². The van der Waals surface area contributed by atoms with E-state index in [1.807, 2.05) is 17.8 Å². The number of nitrogens with zero attached hydrogens (tertiary/aromatic N) is 2. The van der Waals surface area contributed by atoms with Crippen LogP contribution in [0.1, 0.15) is 26.9 Å². The van der Waals surface area contributed by atoms with Crippen LogP contribution in [0.4, 0.5) is 5.69 Å². The maximum atomic E-state index is 12.7. The van der Waals surface area contributed by atoms with Crippen LogP contribution in [0.25, 0.3) is 0 Å². The number of carbonyl (C=O) groups excluding carboxylic acids is 1. The van der Waals surface area contributed by atoms with Crippen molar-refractivity contribution in [1.29, 1.82) is 0 Å². The molecule has 0 spiro atoms. The second kappa shape index (κ2) is 7.55. The molecule has 1 amide bonds. The van der Waals surface area contributed by atoms with E-state index in [2.05, 4.69) is 11.4 Å². The van der Waals surface area contributed by atoms with Crippen molar-refractivity contribution in [2.24, 2.45) is 0 Å². The molecule has 2 aromatic rings. The van der Waals surface area contributed by atoms with Crippen LogP contribution in [-0.2, 0) is 0 Å². The molecular weight excluding hydrogens is 368 g/mol. The van der Waals surface area contributed by atoms with Gasteiger partial charge in [0, 0.05) is 40.6 Å². The summed E-state index contributed by atoms with van der Waals surface area (Å²) in [5.41, 5.74) is 0.0776.